The second kappa shape index (κ2) is 9.50. The number of rotatable bonds is 7. The Balaban J connectivity index is 1.43. The van der Waals surface area contributed by atoms with Crippen LogP contribution in [0.15, 0.2) is 36.5 Å². The van der Waals surface area contributed by atoms with Gasteiger partial charge in [-0.1, -0.05) is 11.6 Å². The molecule has 0 spiro atoms. The number of aromatic nitrogens is 2. The SMILES string of the molecule is COc1nccc(OC2CCN(C(=O)CCC(=O)c3ccc(Cl)cc3)CC2)n1. The van der Waals surface area contributed by atoms with Crippen molar-refractivity contribution in [2.45, 2.75) is 31.8 Å². The third kappa shape index (κ3) is 5.42. The van der Waals surface area contributed by atoms with Crippen LogP contribution in [0.5, 0.6) is 11.9 Å². The van der Waals surface area contributed by atoms with E-state index < -0.39 is 0 Å². The van der Waals surface area contributed by atoms with Crippen LogP contribution >= 0.6 is 11.6 Å². The minimum absolute atomic E-state index is 0.00975. The van der Waals surface area contributed by atoms with E-state index in [0.717, 1.165) is 0 Å². The summed E-state index contributed by atoms with van der Waals surface area (Å²) in [4.78, 5) is 34.5. The van der Waals surface area contributed by atoms with Crippen molar-refractivity contribution >= 4 is 23.3 Å². The van der Waals surface area contributed by atoms with Crippen molar-refractivity contribution < 1.29 is 19.1 Å². The van der Waals surface area contributed by atoms with Gasteiger partial charge >= 0.3 is 6.01 Å². The molecule has 28 heavy (non-hydrogen) atoms. The average molecular weight is 404 g/mol. The highest BCUT2D eigenvalue weighted by molar-refractivity contribution is 6.30. The number of likely N-dealkylation sites (tertiary alicyclic amines) is 1. The molecule has 1 amide bonds. The van der Waals surface area contributed by atoms with Crippen molar-refractivity contribution in [2.75, 3.05) is 20.2 Å². The van der Waals surface area contributed by atoms with E-state index in [2.05, 4.69) is 9.97 Å². The Morgan fingerprint density at radius 1 is 1.14 bits per heavy atom. The average Bonchev–Trinajstić information content (AvgIpc) is 2.73. The van der Waals surface area contributed by atoms with Crippen molar-refractivity contribution in [1.82, 2.24) is 14.9 Å². The van der Waals surface area contributed by atoms with Gasteiger partial charge in [-0.25, -0.2) is 4.98 Å². The maximum absolute atomic E-state index is 12.4. The van der Waals surface area contributed by atoms with E-state index in [1.807, 2.05) is 0 Å². The number of hydrogen-bond donors (Lipinski definition) is 0. The van der Waals surface area contributed by atoms with Crippen molar-refractivity contribution in [1.29, 1.82) is 0 Å². The summed E-state index contributed by atoms with van der Waals surface area (Å²) in [6.45, 7) is 1.20. The molecule has 0 N–H and O–H groups in total. The number of hydrogen-bond acceptors (Lipinski definition) is 6. The molecule has 1 fully saturated rings. The van der Waals surface area contributed by atoms with Crippen LogP contribution in [0, 0.1) is 0 Å². The first-order chi connectivity index (χ1) is 13.5. The maximum Gasteiger partial charge on any atom is 0.319 e. The molecule has 3 rings (SSSR count). The van der Waals surface area contributed by atoms with Gasteiger partial charge < -0.3 is 14.4 Å². The highest BCUT2D eigenvalue weighted by Crippen LogP contribution is 2.19. The number of amides is 1. The number of nitrogens with zero attached hydrogens (tertiary/aromatic N) is 3. The molecule has 0 unspecified atom stereocenters. The zero-order valence-corrected chi connectivity index (χ0v) is 16.4. The number of ether oxygens (including phenoxy) is 2. The second-order valence-corrected chi connectivity index (χ2v) is 6.95. The van der Waals surface area contributed by atoms with Crippen LogP contribution in [0.2, 0.25) is 5.02 Å². The smallest absolute Gasteiger partial charge is 0.319 e. The summed E-state index contributed by atoms with van der Waals surface area (Å²) in [5, 5.41) is 0.582. The molecule has 8 heteroatoms. The Hall–Kier alpha value is -2.67. The van der Waals surface area contributed by atoms with Gasteiger partial charge in [0.25, 0.3) is 0 Å². The predicted molar refractivity (Wildman–Crippen MR) is 104 cm³/mol. The summed E-state index contributed by atoms with van der Waals surface area (Å²) < 4.78 is 10.8. The van der Waals surface area contributed by atoms with Gasteiger partial charge in [-0.2, -0.15) is 4.98 Å². The molecule has 0 atom stereocenters. The molecule has 1 aromatic carbocycles. The zero-order chi connectivity index (χ0) is 19.9. The molecule has 2 heterocycles. The van der Waals surface area contributed by atoms with Gasteiger partial charge in [0.2, 0.25) is 11.8 Å². The summed E-state index contributed by atoms with van der Waals surface area (Å²) in [6.07, 6.45) is 3.39. The molecule has 1 aliphatic heterocycles. The van der Waals surface area contributed by atoms with Crippen LogP contribution in [0.3, 0.4) is 0 Å². The fourth-order valence-corrected chi connectivity index (χ4v) is 3.17. The minimum atomic E-state index is -0.0547. The molecule has 7 nitrogen and oxygen atoms in total. The lowest BCUT2D eigenvalue weighted by Gasteiger charge is -2.32. The Labute approximate surface area is 168 Å². The standard InChI is InChI=1S/C20H22ClN3O4/c1-27-20-22-11-8-18(23-20)28-16-9-12-24(13-10-16)19(26)7-6-17(25)14-2-4-15(21)5-3-14/h2-5,8,11,16H,6-7,9-10,12-13H2,1H3. The van der Waals surface area contributed by atoms with E-state index >= 15 is 0 Å². The molecule has 148 valence electrons. The number of methoxy groups -OCH3 is 1. The first-order valence-electron chi connectivity index (χ1n) is 9.15. The van der Waals surface area contributed by atoms with Crippen molar-refractivity contribution in [3.63, 3.8) is 0 Å². The molecule has 0 aliphatic carbocycles. The Kier molecular flexibility index (Phi) is 6.81. The van der Waals surface area contributed by atoms with Gasteiger partial charge in [-0.15, -0.1) is 0 Å². The van der Waals surface area contributed by atoms with Gasteiger partial charge in [0.1, 0.15) is 6.10 Å². The minimum Gasteiger partial charge on any atom is -0.474 e. The number of ketones is 1. The normalized spacial score (nSPS) is 14.6. The maximum atomic E-state index is 12.4. The monoisotopic (exact) mass is 403 g/mol. The van der Waals surface area contributed by atoms with E-state index in [0.29, 0.717) is 42.4 Å². The molecule has 2 aromatic rings. The Bertz CT molecular complexity index is 820. The first-order valence-corrected chi connectivity index (χ1v) is 9.53. The van der Waals surface area contributed by atoms with Gasteiger partial charge in [0.15, 0.2) is 5.78 Å². The summed E-state index contributed by atoms with van der Waals surface area (Å²) in [7, 11) is 1.50. The third-order valence-electron chi connectivity index (χ3n) is 4.60. The van der Waals surface area contributed by atoms with Crippen LogP contribution in [-0.4, -0.2) is 52.9 Å². The third-order valence-corrected chi connectivity index (χ3v) is 4.86. The number of halogens is 1. The second-order valence-electron chi connectivity index (χ2n) is 6.51. The lowest BCUT2D eigenvalue weighted by molar-refractivity contribution is -0.132. The van der Waals surface area contributed by atoms with E-state index in [-0.39, 0.29) is 36.6 Å². The highest BCUT2D eigenvalue weighted by atomic mass is 35.5. The van der Waals surface area contributed by atoms with Gasteiger partial charge in [-0.3, -0.25) is 9.59 Å². The van der Waals surface area contributed by atoms with Crippen molar-refractivity contribution in [3.05, 3.63) is 47.1 Å². The van der Waals surface area contributed by atoms with E-state index in [1.165, 1.54) is 7.11 Å². The zero-order valence-electron chi connectivity index (χ0n) is 15.6. The van der Waals surface area contributed by atoms with E-state index in [9.17, 15) is 9.59 Å². The Morgan fingerprint density at radius 2 is 1.86 bits per heavy atom. The van der Waals surface area contributed by atoms with Crippen LogP contribution in [0.25, 0.3) is 0 Å². The predicted octanol–water partition coefficient (Wildman–Crippen LogP) is 3.17. The molecular weight excluding hydrogens is 382 g/mol. The number of benzene rings is 1. The molecule has 1 aromatic heterocycles. The summed E-state index contributed by atoms with van der Waals surface area (Å²) >= 11 is 5.83. The van der Waals surface area contributed by atoms with Gasteiger partial charge in [-0.05, 0) is 24.3 Å². The summed E-state index contributed by atoms with van der Waals surface area (Å²) in [5.74, 6) is 0.399. The van der Waals surface area contributed by atoms with Gasteiger partial charge in [0.05, 0.1) is 7.11 Å². The van der Waals surface area contributed by atoms with Crippen LogP contribution < -0.4 is 9.47 Å². The number of carbonyl (C=O) groups excluding carboxylic acids is 2. The lowest BCUT2D eigenvalue weighted by Crippen LogP contribution is -2.41. The van der Waals surface area contributed by atoms with Crippen molar-refractivity contribution in [2.24, 2.45) is 0 Å². The van der Waals surface area contributed by atoms with E-state index in [1.54, 1.807) is 41.4 Å². The fraction of sp³-hybridized carbons (Fsp3) is 0.400. The van der Waals surface area contributed by atoms with Crippen molar-refractivity contribution in [3.8, 4) is 11.9 Å². The Morgan fingerprint density at radius 3 is 2.54 bits per heavy atom. The first kappa shape index (κ1) is 20.1. The number of piperidine rings is 1. The largest absolute Gasteiger partial charge is 0.474 e. The van der Waals surface area contributed by atoms with Gasteiger partial charge in [0, 0.05) is 61.6 Å². The lowest BCUT2D eigenvalue weighted by atomic mass is 10.0. The summed E-state index contributed by atoms with van der Waals surface area (Å²) in [5.41, 5.74) is 0.574. The summed E-state index contributed by atoms with van der Waals surface area (Å²) in [6, 6.07) is 8.65. The molecule has 1 saturated heterocycles. The highest BCUT2D eigenvalue weighted by Gasteiger charge is 2.24. The fourth-order valence-electron chi connectivity index (χ4n) is 3.04. The van der Waals surface area contributed by atoms with Crippen LogP contribution in [0.4, 0.5) is 0 Å². The molecule has 0 radical (unpaired) electrons. The molecule has 0 saturated carbocycles. The topological polar surface area (TPSA) is 81.6 Å². The number of Topliss-reactive ketones (excluding diaryl/α,β-unsaturated/α-hetero) is 1. The van der Waals surface area contributed by atoms with Crippen LogP contribution in [-0.2, 0) is 4.79 Å². The quantitative estimate of drug-likeness (QED) is 0.660. The number of carbonyl (C=O) groups is 2. The molecule has 0 bridgehead atoms. The van der Waals surface area contributed by atoms with E-state index in [4.69, 9.17) is 21.1 Å². The van der Waals surface area contributed by atoms with Crippen LogP contribution in [0.1, 0.15) is 36.0 Å². The molecular formula is C20H22ClN3O4. The molecule has 1 aliphatic rings.